The predicted molar refractivity (Wildman–Crippen MR) is 138 cm³/mol. The fourth-order valence-electron chi connectivity index (χ4n) is 5.18. The summed E-state index contributed by atoms with van der Waals surface area (Å²) in [5, 5.41) is 34.4. The minimum absolute atomic E-state index is 0. The summed E-state index contributed by atoms with van der Waals surface area (Å²) in [6.45, 7) is 7.29. The molecule has 4 N–H and O–H groups in total. The maximum absolute atomic E-state index is 13.9. The van der Waals surface area contributed by atoms with Crippen molar-refractivity contribution in [3.63, 3.8) is 0 Å². The molecule has 1 aliphatic heterocycles. The van der Waals surface area contributed by atoms with Gasteiger partial charge in [-0.05, 0) is 55.2 Å². The van der Waals surface area contributed by atoms with Crippen LogP contribution in [0.25, 0.3) is 0 Å². The van der Waals surface area contributed by atoms with Crippen LogP contribution in [0.1, 0.15) is 44.7 Å². The molecular weight excluding hydrogens is 516 g/mol. The molecular formula is C28H35FN3NaO6. The molecule has 3 rings (SSSR count). The second kappa shape index (κ2) is 13.7. The molecule has 0 fully saturated rings. The van der Waals surface area contributed by atoms with E-state index in [0.717, 1.165) is 16.7 Å². The van der Waals surface area contributed by atoms with Gasteiger partial charge in [-0.3, -0.25) is 0 Å². The van der Waals surface area contributed by atoms with Crippen LogP contribution >= 0.6 is 0 Å². The smallest absolute Gasteiger partial charge is 0.550 e. The van der Waals surface area contributed by atoms with Crippen molar-refractivity contribution in [1.29, 1.82) is 0 Å². The van der Waals surface area contributed by atoms with Crippen LogP contribution in [0, 0.1) is 18.7 Å². The number of hydrogen-bond acceptors (Lipinski definition) is 7. The molecule has 2 aromatic rings. The van der Waals surface area contributed by atoms with Gasteiger partial charge in [0.05, 0.1) is 24.5 Å². The number of rotatable bonds is 11. The van der Waals surface area contributed by atoms with Gasteiger partial charge in [0.2, 0.25) is 0 Å². The van der Waals surface area contributed by atoms with Crippen LogP contribution in [-0.2, 0) is 16.0 Å². The Morgan fingerprint density at radius 2 is 1.69 bits per heavy atom. The van der Waals surface area contributed by atoms with Crippen LogP contribution in [0.2, 0.25) is 0 Å². The average molecular weight is 552 g/mol. The summed E-state index contributed by atoms with van der Waals surface area (Å²) in [6.07, 6.45) is -3.21. The zero-order valence-corrected chi connectivity index (χ0v) is 25.1. The van der Waals surface area contributed by atoms with E-state index >= 15 is 0 Å². The number of aryl methyl sites for hydroxylation is 1. The molecule has 2 aromatic carbocycles. The first kappa shape index (κ1) is 32.7. The summed E-state index contributed by atoms with van der Waals surface area (Å²) >= 11 is 0. The van der Waals surface area contributed by atoms with Crippen molar-refractivity contribution in [2.75, 3.05) is 11.6 Å². The standard InChI is InChI=1S/C28H36FN3O6.Na/c1-17(2)26-19(4)31(27(30)37)32(22-11-9-21(29)10-12-22)28(26,15-20-8-6-5-7-18(20)3)38-16-24(34)13-23(33)14-25(35)36;/h5-12,17,23-24,33-34H,13-16H2,1-4H3,(H2,30,37)(H,35,36);/q;+1/p-1/t23-,24+,28?;/m1./s1. The van der Waals surface area contributed by atoms with Crippen LogP contribution < -0.4 is 45.4 Å². The fraction of sp³-hybridized carbons (Fsp3) is 0.429. The number of amides is 2. The summed E-state index contributed by atoms with van der Waals surface area (Å²) in [5.74, 6) is -2.04. The molecule has 0 aromatic heterocycles. The first-order valence-electron chi connectivity index (χ1n) is 12.5. The molecule has 0 spiro atoms. The van der Waals surface area contributed by atoms with Crippen LogP contribution in [0.15, 0.2) is 59.8 Å². The minimum Gasteiger partial charge on any atom is -0.550 e. The van der Waals surface area contributed by atoms with E-state index in [2.05, 4.69) is 0 Å². The van der Waals surface area contributed by atoms with Gasteiger partial charge in [-0.15, -0.1) is 0 Å². The molecule has 9 nitrogen and oxygen atoms in total. The number of allylic oxidation sites excluding steroid dienone is 1. The van der Waals surface area contributed by atoms with E-state index in [-0.39, 0.29) is 54.9 Å². The summed E-state index contributed by atoms with van der Waals surface area (Å²) in [7, 11) is 0. The van der Waals surface area contributed by atoms with Crippen molar-refractivity contribution < 1.29 is 63.6 Å². The number of carboxylic acid groups (broad SMARTS) is 1. The Morgan fingerprint density at radius 3 is 2.23 bits per heavy atom. The van der Waals surface area contributed by atoms with E-state index in [1.807, 2.05) is 45.0 Å². The predicted octanol–water partition coefficient (Wildman–Crippen LogP) is -0.609. The number of halogens is 1. The monoisotopic (exact) mass is 551 g/mol. The third kappa shape index (κ3) is 7.39. The summed E-state index contributed by atoms with van der Waals surface area (Å²) in [5.41, 5.74) is 8.05. The number of hydrogen-bond donors (Lipinski definition) is 3. The van der Waals surface area contributed by atoms with Crippen molar-refractivity contribution in [2.24, 2.45) is 11.7 Å². The van der Waals surface area contributed by atoms with Crippen molar-refractivity contribution >= 4 is 17.7 Å². The second-order valence-electron chi connectivity index (χ2n) is 9.91. The molecule has 0 radical (unpaired) electrons. The number of nitrogens with two attached hydrogens (primary N) is 1. The maximum Gasteiger partial charge on any atom is 1.00 e. The number of hydrazine groups is 1. The Morgan fingerprint density at radius 1 is 1.08 bits per heavy atom. The largest absolute Gasteiger partial charge is 1.00 e. The number of anilines is 1. The Balaban J connectivity index is 0.00000533. The van der Waals surface area contributed by atoms with Crippen LogP contribution in [-0.4, -0.2) is 51.8 Å². The van der Waals surface area contributed by atoms with E-state index in [0.29, 0.717) is 11.4 Å². The van der Waals surface area contributed by atoms with Gasteiger partial charge in [-0.2, -0.15) is 0 Å². The molecule has 2 amide bonds. The van der Waals surface area contributed by atoms with Crippen LogP contribution in [0.4, 0.5) is 14.9 Å². The zero-order chi connectivity index (χ0) is 28.2. The third-order valence-corrected chi connectivity index (χ3v) is 6.68. The van der Waals surface area contributed by atoms with Gasteiger partial charge in [0.15, 0.2) is 5.72 Å². The number of urea groups is 1. The average Bonchev–Trinajstić information content (AvgIpc) is 3.07. The van der Waals surface area contributed by atoms with Gasteiger partial charge < -0.3 is 30.6 Å². The van der Waals surface area contributed by atoms with Gasteiger partial charge in [0, 0.05) is 36.5 Å². The Bertz CT molecular complexity index is 1190. The molecule has 0 saturated carbocycles. The summed E-state index contributed by atoms with van der Waals surface area (Å²) in [6, 6.07) is 12.5. The molecule has 11 heteroatoms. The molecule has 3 atom stereocenters. The summed E-state index contributed by atoms with van der Waals surface area (Å²) in [4.78, 5) is 23.7. The number of aliphatic hydroxyl groups excluding tert-OH is 2. The van der Waals surface area contributed by atoms with Crippen molar-refractivity contribution in [2.45, 2.75) is 64.9 Å². The number of primary amides is 1. The molecule has 0 bridgehead atoms. The fourth-order valence-corrected chi connectivity index (χ4v) is 5.18. The molecule has 0 aliphatic carbocycles. The summed E-state index contributed by atoms with van der Waals surface area (Å²) < 4.78 is 20.4. The van der Waals surface area contributed by atoms with E-state index < -0.39 is 42.2 Å². The van der Waals surface area contributed by atoms with E-state index in [4.69, 9.17) is 10.5 Å². The van der Waals surface area contributed by atoms with Gasteiger partial charge in [0.1, 0.15) is 5.82 Å². The van der Waals surface area contributed by atoms with Crippen molar-refractivity contribution in [3.8, 4) is 0 Å². The van der Waals surface area contributed by atoms with Crippen LogP contribution in [0.5, 0.6) is 0 Å². The number of carboxylic acids is 1. The zero-order valence-electron chi connectivity index (χ0n) is 23.1. The molecule has 0 saturated heterocycles. The van der Waals surface area contributed by atoms with E-state index in [9.17, 15) is 29.3 Å². The Labute approximate surface area is 250 Å². The molecule has 1 heterocycles. The maximum atomic E-state index is 13.9. The molecule has 1 unspecified atom stereocenters. The number of carbonyl (C=O) groups is 2. The number of benzene rings is 2. The minimum atomic E-state index is -1.43. The van der Waals surface area contributed by atoms with Gasteiger partial charge in [0.25, 0.3) is 0 Å². The number of carbonyl (C=O) groups excluding carboxylic acids is 2. The van der Waals surface area contributed by atoms with Gasteiger partial charge >= 0.3 is 35.6 Å². The number of ether oxygens (including phenoxy) is 1. The van der Waals surface area contributed by atoms with Gasteiger partial charge in [-0.25, -0.2) is 19.2 Å². The van der Waals surface area contributed by atoms with E-state index in [1.54, 1.807) is 11.9 Å². The molecule has 39 heavy (non-hydrogen) atoms. The first-order chi connectivity index (χ1) is 17.9. The molecule has 1 aliphatic rings. The van der Waals surface area contributed by atoms with E-state index in [1.165, 1.54) is 29.3 Å². The number of aliphatic carboxylic acids is 1. The Kier molecular flexibility index (Phi) is 11.5. The molecule has 206 valence electrons. The Hall–Kier alpha value is -2.47. The first-order valence-corrected chi connectivity index (χ1v) is 12.5. The second-order valence-corrected chi connectivity index (χ2v) is 9.91. The quantitative estimate of drug-likeness (QED) is 0.317. The van der Waals surface area contributed by atoms with Crippen molar-refractivity contribution in [3.05, 3.63) is 76.7 Å². The third-order valence-electron chi connectivity index (χ3n) is 6.68. The van der Waals surface area contributed by atoms with Crippen LogP contribution in [0.3, 0.4) is 0 Å². The van der Waals surface area contributed by atoms with Gasteiger partial charge in [-0.1, -0.05) is 38.1 Å². The topological polar surface area (TPSA) is 139 Å². The normalized spacial score (nSPS) is 18.8. The SMILES string of the molecule is CC1=C(C(C)C)C(Cc2ccccc2C)(OC[C@@H](O)C[C@@H](O)CC(=O)[O-])N(c2ccc(F)cc2)N1C(N)=O.[Na+]. The number of aliphatic hydroxyl groups is 2. The number of nitrogens with zero attached hydrogens (tertiary/aromatic N) is 2. The van der Waals surface area contributed by atoms with Crippen molar-refractivity contribution in [1.82, 2.24) is 5.01 Å².